The number of carbonyl (C=O) groups is 1. The lowest BCUT2D eigenvalue weighted by Gasteiger charge is -2.22. The Morgan fingerprint density at radius 2 is 2.08 bits per heavy atom. The van der Waals surface area contributed by atoms with Crippen LogP contribution in [0, 0.1) is 6.92 Å². The van der Waals surface area contributed by atoms with Crippen LogP contribution in [0.25, 0.3) is 10.9 Å². The Labute approximate surface area is 145 Å². The van der Waals surface area contributed by atoms with Crippen LogP contribution in [0.1, 0.15) is 28.8 Å². The number of para-hydroxylation sites is 1. The number of hydrogen-bond acceptors (Lipinski definition) is 5. The van der Waals surface area contributed by atoms with E-state index in [1.165, 1.54) is 13.3 Å². The molecule has 0 spiro atoms. The fourth-order valence-electron chi connectivity index (χ4n) is 2.66. The molecule has 0 saturated carbocycles. The van der Waals surface area contributed by atoms with Crippen molar-refractivity contribution in [2.24, 2.45) is 0 Å². The zero-order valence-electron chi connectivity index (χ0n) is 14.4. The molecule has 0 aliphatic carbocycles. The quantitative estimate of drug-likeness (QED) is 0.746. The first-order chi connectivity index (χ1) is 11.9. The Balaban J connectivity index is 1.87. The predicted molar refractivity (Wildman–Crippen MR) is 93.6 cm³/mol. The number of nitrogens with one attached hydrogen (secondary N) is 1. The Bertz CT molecular complexity index is 915. The van der Waals surface area contributed by atoms with Crippen LogP contribution in [0.2, 0.25) is 0 Å². The number of hydrogen-bond donors (Lipinski definition) is 2. The third kappa shape index (κ3) is 3.34. The lowest BCUT2D eigenvalue weighted by Crippen LogP contribution is -2.38. The van der Waals surface area contributed by atoms with Crippen LogP contribution >= 0.6 is 0 Å². The highest BCUT2D eigenvalue weighted by atomic mass is 16.5. The molecule has 6 heteroatoms. The molecule has 0 aliphatic heterocycles. The second-order valence-electron chi connectivity index (χ2n) is 6.09. The van der Waals surface area contributed by atoms with Crippen LogP contribution in [0.3, 0.4) is 0 Å². The molecule has 2 heterocycles. The van der Waals surface area contributed by atoms with E-state index >= 15 is 0 Å². The SMILES string of the molecule is COc1cnc2ccccc2c1C(=O)NC[C@](C)(O)c1ccc(C)o1. The molecule has 2 aromatic heterocycles. The molecule has 0 bridgehead atoms. The molecule has 3 rings (SSSR count). The first-order valence-electron chi connectivity index (χ1n) is 7.91. The summed E-state index contributed by atoms with van der Waals surface area (Å²) in [6.45, 7) is 3.39. The second kappa shape index (κ2) is 6.57. The van der Waals surface area contributed by atoms with Crippen LogP contribution < -0.4 is 10.1 Å². The molecule has 0 radical (unpaired) electrons. The normalized spacial score (nSPS) is 13.4. The van der Waals surface area contributed by atoms with E-state index < -0.39 is 5.60 Å². The van der Waals surface area contributed by atoms with E-state index in [-0.39, 0.29) is 12.5 Å². The van der Waals surface area contributed by atoms with Crippen molar-refractivity contribution >= 4 is 16.8 Å². The Kier molecular flexibility index (Phi) is 4.46. The molecule has 1 aromatic carbocycles. The number of carbonyl (C=O) groups excluding carboxylic acids is 1. The van der Waals surface area contributed by atoms with Crippen LogP contribution in [0.15, 0.2) is 47.0 Å². The van der Waals surface area contributed by atoms with Gasteiger partial charge in [-0.3, -0.25) is 9.78 Å². The van der Waals surface area contributed by atoms with Gasteiger partial charge in [-0.25, -0.2) is 0 Å². The van der Waals surface area contributed by atoms with Crippen molar-refractivity contribution in [2.75, 3.05) is 13.7 Å². The number of pyridine rings is 1. The molecule has 2 N–H and O–H groups in total. The standard InChI is InChI=1S/C19H20N2O4/c1-12-8-9-16(25-12)19(2,23)11-21-18(22)17-13-6-4-5-7-14(13)20-10-15(17)24-3/h4-10,23H,11H2,1-3H3,(H,21,22)/t19-/m0/s1. The summed E-state index contributed by atoms with van der Waals surface area (Å²) in [5.74, 6) is 1.13. The highest BCUT2D eigenvalue weighted by molar-refractivity contribution is 6.08. The van der Waals surface area contributed by atoms with E-state index in [4.69, 9.17) is 9.15 Å². The van der Waals surface area contributed by atoms with E-state index in [1.807, 2.05) is 24.3 Å². The highest BCUT2D eigenvalue weighted by Gasteiger charge is 2.28. The van der Waals surface area contributed by atoms with Crippen molar-refractivity contribution in [1.82, 2.24) is 10.3 Å². The topological polar surface area (TPSA) is 84.6 Å². The summed E-state index contributed by atoms with van der Waals surface area (Å²) < 4.78 is 10.8. The third-order valence-electron chi connectivity index (χ3n) is 4.05. The molecule has 0 aliphatic rings. The number of nitrogens with zero attached hydrogens (tertiary/aromatic N) is 1. The monoisotopic (exact) mass is 340 g/mol. The van der Waals surface area contributed by atoms with Gasteiger partial charge < -0.3 is 19.6 Å². The van der Waals surface area contributed by atoms with E-state index in [9.17, 15) is 9.90 Å². The van der Waals surface area contributed by atoms with Crippen LogP contribution in [-0.2, 0) is 5.60 Å². The molecule has 0 saturated heterocycles. The van der Waals surface area contributed by atoms with E-state index in [2.05, 4.69) is 10.3 Å². The van der Waals surface area contributed by atoms with Crippen molar-refractivity contribution in [2.45, 2.75) is 19.4 Å². The van der Waals surface area contributed by atoms with Gasteiger partial charge in [0, 0.05) is 5.39 Å². The fourth-order valence-corrected chi connectivity index (χ4v) is 2.66. The van der Waals surface area contributed by atoms with E-state index in [0.29, 0.717) is 33.7 Å². The van der Waals surface area contributed by atoms with Crippen LogP contribution in [-0.4, -0.2) is 29.7 Å². The zero-order chi connectivity index (χ0) is 18.0. The number of benzene rings is 1. The maximum Gasteiger partial charge on any atom is 0.255 e. The van der Waals surface area contributed by atoms with Gasteiger partial charge in [-0.1, -0.05) is 18.2 Å². The summed E-state index contributed by atoms with van der Waals surface area (Å²) in [6, 6.07) is 10.8. The number of aryl methyl sites for hydroxylation is 1. The number of rotatable bonds is 5. The maximum atomic E-state index is 12.8. The van der Waals surface area contributed by atoms with Gasteiger partial charge in [-0.2, -0.15) is 0 Å². The van der Waals surface area contributed by atoms with Gasteiger partial charge in [0.05, 0.1) is 30.9 Å². The zero-order valence-corrected chi connectivity index (χ0v) is 14.4. The van der Waals surface area contributed by atoms with Crippen molar-refractivity contribution in [3.63, 3.8) is 0 Å². The maximum absolute atomic E-state index is 12.8. The average Bonchev–Trinajstić information content (AvgIpc) is 3.06. The number of ether oxygens (including phenoxy) is 1. The van der Waals surface area contributed by atoms with Gasteiger partial charge in [0.15, 0.2) is 5.75 Å². The van der Waals surface area contributed by atoms with E-state index in [1.54, 1.807) is 26.0 Å². The fraction of sp³-hybridized carbons (Fsp3) is 0.263. The smallest absolute Gasteiger partial charge is 0.255 e. The Morgan fingerprint density at radius 3 is 2.76 bits per heavy atom. The highest BCUT2D eigenvalue weighted by Crippen LogP contribution is 2.27. The summed E-state index contributed by atoms with van der Waals surface area (Å²) in [6.07, 6.45) is 1.52. The Morgan fingerprint density at radius 1 is 1.32 bits per heavy atom. The summed E-state index contributed by atoms with van der Waals surface area (Å²) in [5.41, 5.74) is -0.235. The summed E-state index contributed by atoms with van der Waals surface area (Å²) in [7, 11) is 1.49. The lowest BCUT2D eigenvalue weighted by atomic mass is 10.0. The summed E-state index contributed by atoms with van der Waals surface area (Å²) >= 11 is 0. The number of furan rings is 1. The van der Waals surface area contributed by atoms with Gasteiger partial charge in [-0.15, -0.1) is 0 Å². The molecular weight excluding hydrogens is 320 g/mol. The van der Waals surface area contributed by atoms with Gasteiger partial charge in [0.2, 0.25) is 0 Å². The molecular formula is C19H20N2O4. The Hall–Kier alpha value is -2.86. The average molecular weight is 340 g/mol. The van der Waals surface area contributed by atoms with Gasteiger partial charge in [0.25, 0.3) is 5.91 Å². The molecule has 0 fully saturated rings. The molecule has 1 amide bonds. The first-order valence-corrected chi connectivity index (χ1v) is 7.91. The van der Waals surface area contributed by atoms with Crippen LogP contribution in [0.4, 0.5) is 0 Å². The molecule has 6 nitrogen and oxygen atoms in total. The number of fused-ring (bicyclic) bond motifs is 1. The number of aliphatic hydroxyl groups is 1. The molecule has 130 valence electrons. The van der Waals surface area contributed by atoms with Gasteiger partial charge in [0.1, 0.15) is 17.1 Å². The van der Waals surface area contributed by atoms with Gasteiger partial charge >= 0.3 is 0 Å². The minimum atomic E-state index is -1.32. The number of amides is 1. The van der Waals surface area contributed by atoms with E-state index in [0.717, 1.165) is 0 Å². The predicted octanol–water partition coefficient (Wildman–Crippen LogP) is 2.78. The van der Waals surface area contributed by atoms with Crippen molar-refractivity contribution in [1.29, 1.82) is 0 Å². The van der Waals surface area contributed by atoms with Crippen LogP contribution in [0.5, 0.6) is 5.75 Å². The minimum absolute atomic E-state index is 0.00140. The van der Waals surface area contributed by atoms with Crippen molar-refractivity contribution in [3.05, 3.63) is 59.7 Å². The second-order valence-corrected chi connectivity index (χ2v) is 6.09. The molecule has 3 aromatic rings. The number of methoxy groups -OCH3 is 1. The first kappa shape index (κ1) is 17.0. The van der Waals surface area contributed by atoms with Gasteiger partial charge in [-0.05, 0) is 32.0 Å². The van der Waals surface area contributed by atoms with Crippen molar-refractivity contribution in [3.8, 4) is 5.75 Å². The summed E-state index contributed by atoms with van der Waals surface area (Å²) in [5, 5.41) is 14.0. The lowest BCUT2D eigenvalue weighted by molar-refractivity contribution is 0.0323. The third-order valence-corrected chi connectivity index (χ3v) is 4.05. The molecule has 1 atom stereocenters. The largest absolute Gasteiger partial charge is 0.494 e. The minimum Gasteiger partial charge on any atom is -0.494 e. The van der Waals surface area contributed by atoms with Crippen molar-refractivity contribution < 1.29 is 19.1 Å². The molecule has 25 heavy (non-hydrogen) atoms. The number of aromatic nitrogens is 1. The summed E-state index contributed by atoms with van der Waals surface area (Å²) in [4.78, 5) is 17.0. The molecule has 0 unspecified atom stereocenters.